The fourth-order valence-electron chi connectivity index (χ4n) is 3.66. The normalized spacial score (nSPS) is 10.7. The van der Waals surface area contributed by atoms with E-state index in [1.165, 1.54) is 35.2 Å². The van der Waals surface area contributed by atoms with Gasteiger partial charge in [-0.3, -0.25) is 4.79 Å². The number of amides is 1. The quantitative estimate of drug-likeness (QED) is 0.193. The maximum atomic E-state index is 12.3. The third kappa shape index (κ3) is 5.10. The zero-order valence-electron chi connectivity index (χ0n) is 20.6. The van der Waals surface area contributed by atoms with E-state index in [0.717, 1.165) is 21.1 Å². The number of nitrogen functional groups attached to an aromatic ring is 1. The molecule has 5 rings (SSSR count). The van der Waals surface area contributed by atoms with Gasteiger partial charge in [0.15, 0.2) is 16.6 Å². The lowest BCUT2D eigenvalue weighted by Gasteiger charge is -2.14. The summed E-state index contributed by atoms with van der Waals surface area (Å²) in [5, 5.41) is 9.38. The lowest BCUT2D eigenvalue weighted by molar-refractivity contribution is 0.102. The van der Waals surface area contributed by atoms with E-state index in [0.29, 0.717) is 45.3 Å². The molecule has 0 saturated heterocycles. The van der Waals surface area contributed by atoms with Gasteiger partial charge in [-0.05, 0) is 12.1 Å². The van der Waals surface area contributed by atoms with E-state index in [2.05, 4.69) is 25.6 Å². The van der Waals surface area contributed by atoms with Gasteiger partial charge in [-0.15, -0.1) is 11.3 Å². The van der Waals surface area contributed by atoms with E-state index in [-0.39, 0.29) is 5.91 Å². The molecule has 2 aromatic carbocycles. The first-order chi connectivity index (χ1) is 18.5. The van der Waals surface area contributed by atoms with Gasteiger partial charge in [-0.25, -0.2) is 15.0 Å². The number of anilines is 4. The molecule has 0 atom stereocenters. The van der Waals surface area contributed by atoms with Gasteiger partial charge in [0.25, 0.3) is 5.91 Å². The molecular weight excluding hydrogens is 526 g/mol. The highest BCUT2D eigenvalue weighted by Gasteiger charge is 2.18. The summed E-state index contributed by atoms with van der Waals surface area (Å²) in [7, 11) is 4.67. The van der Waals surface area contributed by atoms with E-state index in [1.54, 1.807) is 33.5 Å². The van der Waals surface area contributed by atoms with E-state index >= 15 is 0 Å². The maximum absolute atomic E-state index is 12.3. The Kier molecular flexibility index (Phi) is 7.11. The molecule has 194 valence electrons. The van der Waals surface area contributed by atoms with Crippen LogP contribution in [0.4, 0.5) is 22.3 Å². The minimum absolute atomic E-state index is 0.275. The molecule has 11 nitrogen and oxygen atoms in total. The predicted molar refractivity (Wildman–Crippen MR) is 149 cm³/mol. The van der Waals surface area contributed by atoms with Crippen molar-refractivity contribution in [3.63, 3.8) is 0 Å². The average molecular weight is 550 g/mol. The highest BCUT2D eigenvalue weighted by Crippen LogP contribution is 2.43. The number of H-pyrrole nitrogens is 1. The molecule has 5 aromatic rings. The molecule has 13 heteroatoms. The summed E-state index contributed by atoms with van der Waals surface area (Å²) in [6.07, 6.45) is 2.93. The summed E-state index contributed by atoms with van der Waals surface area (Å²) in [6.45, 7) is 0. The number of carbonyl (C=O) groups is 1. The Morgan fingerprint density at radius 3 is 2.50 bits per heavy atom. The molecule has 1 amide bonds. The Bertz CT molecular complexity index is 1560. The van der Waals surface area contributed by atoms with Gasteiger partial charge in [0, 0.05) is 34.5 Å². The van der Waals surface area contributed by atoms with Crippen LogP contribution in [0, 0.1) is 0 Å². The van der Waals surface area contributed by atoms with E-state index < -0.39 is 0 Å². The van der Waals surface area contributed by atoms with Crippen LogP contribution in [0.15, 0.2) is 54.3 Å². The Morgan fingerprint density at radius 1 is 1.03 bits per heavy atom. The van der Waals surface area contributed by atoms with Crippen molar-refractivity contribution in [1.29, 1.82) is 0 Å². The molecule has 38 heavy (non-hydrogen) atoms. The van der Waals surface area contributed by atoms with E-state index in [1.807, 2.05) is 29.6 Å². The van der Waals surface area contributed by atoms with Crippen molar-refractivity contribution in [2.24, 2.45) is 0 Å². The second-order valence-corrected chi connectivity index (χ2v) is 9.67. The molecule has 5 N–H and O–H groups in total. The van der Waals surface area contributed by atoms with Crippen LogP contribution in [0.2, 0.25) is 0 Å². The number of rotatable bonds is 9. The second-order valence-electron chi connectivity index (χ2n) is 7.81. The van der Waals surface area contributed by atoms with Crippen LogP contribution in [0.3, 0.4) is 0 Å². The van der Waals surface area contributed by atoms with E-state index in [4.69, 9.17) is 24.9 Å². The number of aromatic amines is 1. The molecule has 0 bridgehead atoms. The first-order valence-electron chi connectivity index (χ1n) is 11.2. The van der Waals surface area contributed by atoms with Gasteiger partial charge in [0.1, 0.15) is 21.4 Å². The monoisotopic (exact) mass is 549 g/mol. The summed E-state index contributed by atoms with van der Waals surface area (Å²) < 4.78 is 16.2. The molecule has 3 heterocycles. The second kappa shape index (κ2) is 10.8. The lowest BCUT2D eigenvalue weighted by atomic mass is 10.1. The van der Waals surface area contributed by atoms with Crippen LogP contribution in [0.25, 0.3) is 21.1 Å². The Balaban J connectivity index is 1.36. The van der Waals surface area contributed by atoms with Crippen LogP contribution in [0.1, 0.15) is 10.5 Å². The van der Waals surface area contributed by atoms with Gasteiger partial charge < -0.3 is 35.6 Å². The SMILES string of the molecule is COc1cc(Nc2nc(N)c(-c3nc(-c4cccc(NC(=O)c5cnc[nH]5)c4)cs3)s2)cc(OC)c1OC. The van der Waals surface area contributed by atoms with Gasteiger partial charge >= 0.3 is 0 Å². The number of hydrogen-bond acceptors (Lipinski definition) is 11. The van der Waals surface area contributed by atoms with Gasteiger partial charge in [-0.2, -0.15) is 0 Å². The fourth-order valence-corrected chi connectivity index (χ4v) is 5.49. The number of nitrogens with one attached hydrogen (secondary N) is 3. The Morgan fingerprint density at radius 2 is 1.82 bits per heavy atom. The van der Waals surface area contributed by atoms with E-state index in [9.17, 15) is 4.79 Å². The fraction of sp³-hybridized carbons (Fsp3) is 0.120. The number of nitrogens with zero attached hydrogens (tertiary/aromatic N) is 3. The van der Waals surface area contributed by atoms with Crippen LogP contribution < -0.4 is 30.6 Å². The first-order valence-corrected chi connectivity index (χ1v) is 12.9. The molecule has 3 aromatic heterocycles. The van der Waals surface area contributed by atoms with Gasteiger partial charge in [-0.1, -0.05) is 23.5 Å². The molecule has 0 spiro atoms. The molecule has 0 radical (unpaired) electrons. The molecule has 0 fully saturated rings. The lowest BCUT2D eigenvalue weighted by Crippen LogP contribution is -2.12. The number of thiazole rings is 2. The molecule has 0 aliphatic rings. The van der Waals surface area contributed by atoms with Crippen molar-refractivity contribution in [2.45, 2.75) is 0 Å². The maximum Gasteiger partial charge on any atom is 0.273 e. The minimum atomic E-state index is -0.275. The summed E-state index contributed by atoms with van der Waals surface area (Å²) >= 11 is 2.84. The zero-order valence-corrected chi connectivity index (χ0v) is 22.2. The summed E-state index contributed by atoms with van der Waals surface area (Å²) in [5.41, 5.74) is 9.60. The number of carbonyl (C=O) groups excluding carboxylic acids is 1. The Labute approximate surface area is 225 Å². The molecule has 0 saturated carbocycles. The third-order valence-electron chi connectivity index (χ3n) is 5.43. The first kappa shape index (κ1) is 25.0. The van der Waals surface area contributed by atoms with Gasteiger partial charge in [0.2, 0.25) is 5.75 Å². The largest absolute Gasteiger partial charge is 0.493 e. The molecule has 0 unspecified atom stereocenters. The number of benzene rings is 2. The average Bonchev–Trinajstić information content (AvgIpc) is 3.70. The van der Waals surface area contributed by atoms with Crippen molar-refractivity contribution in [3.05, 3.63) is 60.0 Å². The molecule has 0 aliphatic carbocycles. The van der Waals surface area contributed by atoms with Crippen molar-refractivity contribution < 1.29 is 19.0 Å². The van der Waals surface area contributed by atoms with Crippen molar-refractivity contribution in [1.82, 2.24) is 19.9 Å². The van der Waals surface area contributed by atoms with Crippen LogP contribution in [-0.4, -0.2) is 47.2 Å². The van der Waals surface area contributed by atoms with Gasteiger partial charge in [0.05, 0.1) is 39.5 Å². The smallest absolute Gasteiger partial charge is 0.273 e. The van der Waals surface area contributed by atoms with Crippen molar-refractivity contribution in [2.75, 3.05) is 37.7 Å². The minimum Gasteiger partial charge on any atom is -0.493 e. The standard InChI is InChI=1S/C25H23N7O4S2/c1-34-18-8-15(9-19(35-2)20(18)36-3)30-25-32-22(26)21(38-25)24-31-17(11-37-24)13-5-4-6-14(7-13)29-23(33)16-10-27-12-28-16/h4-12H,26H2,1-3H3,(H,27,28)(H,29,33)(H,30,32). The highest BCUT2D eigenvalue weighted by atomic mass is 32.1. The number of imidazole rings is 1. The highest BCUT2D eigenvalue weighted by molar-refractivity contribution is 7.23. The van der Waals surface area contributed by atoms with Crippen molar-refractivity contribution >= 4 is 50.9 Å². The number of aromatic nitrogens is 4. The van der Waals surface area contributed by atoms with Crippen molar-refractivity contribution in [3.8, 4) is 38.4 Å². The molecular formula is C25H23N7O4S2. The van der Waals surface area contributed by atoms with Crippen LogP contribution in [-0.2, 0) is 0 Å². The number of methoxy groups -OCH3 is 3. The topological polar surface area (TPSA) is 149 Å². The molecule has 0 aliphatic heterocycles. The summed E-state index contributed by atoms with van der Waals surface area (Å²) in [6, 6.07) is 11.0. The number of hydrogen-bond donors (Lipinski definition) is 4. The summed E-state index contributed by atoms with van der Waals surface area (Å²) in [5.74, 6) is 1.63. The summed E-state index contributed by atoms with van der Waals surface area (Å²) in [4.78, 5) is 29.0. The number of ether oxygens (including phenoxy) is 3. The number of nitrogens with two attached hydrogens (primary N) is 1. The predicted octanol–water partition coefficient (Wildman–Crippen LogP) is 5.26. The third-order valence-corrected chi connectivity index (χ3v) is 7.41. The van der Waals surface area contributed by atoms with Crippen LogP contribution in [0.5, 0.6) is 17.2 Å². The Hall–Kier alpha value is -4.62. The zero-order chi connectivity index (χ0) is 26.6. The van der Waals surface area contributed by atoms with Crippen LogP contribution >= 0.6 is 22.7 Å².